The minimum Gasteiger partial charge on any atom is -0.465 e. The number of nitro groups is 1. The average molecular weight is 265 g/mol. The van der Waals surface area contributed by atoms with Gasteiger partial charge >= 0.3 is 11.7 Å². The van der Waals surface area contributed by atoms with Gasteiger partial charge in [-0.25, -0.2) is 9.78 Å². The van der Waals surface area contributed by atoms with E-state index in [-0.39, 0.29) is 23.1 Å². The van der Waals surface area contributed by atoms with Crippen LogP contribution in [0.4, 0.5) is 11.5 Å². The van der Waals surface area contributed by atoms with Gasteiger partial charge in [0.25, 0.3) is 0 Å². The highest BCUT2D eigenvalue weighted by Gasteiger charge is 2.37. The molecule has 1 saturated carbocycles. The van der Waals surface area contributed by atoms with Crippen LogP contribution in [0.15, 0.2) is 12.3 Å². The van der Waals surface area contributed by atoms with Crippen molar-refractivity contribution in [2.24, 2.45) is 5.92 Å². The van der Waals surface area contributed by atoms with Gasteiger partial charge in [0.2, 0.25) is 5.82 Å². The Labute approximate surface area is 110 Å². The van der Waals surface area contributed by atoms with E-state index in [4.69, 9.17) is 0 Å². The van der Waals surface area contributed by atoms with Crippen LogP contribution in [0.25, 0.3) is 0 Å². The minimum atomic E-state index is -0.639. The Morgan fingerprint density at radius 1 is 1.68 bits per heavy atom. The second-order valence-corrected chi connectivity index (χ2v) is 4.50. The normalized spacial score (nSPS) is 20.7. The third-order valence-corrected chi connectivity index (χ3v) is 3.25. The van der Waals surface area contributed by atoms with E-state index in [0.717, 1.165) is 12.8 Å². The van der Waals surface area contributed by atoms with E-state index in [1.807, 2.05) is 0 Å². The van der Waals surface area contributed by atoms with Crippen molar-refractivity contribution >= 4 is 17.5 Å². The summed E-state index contributed by atoms with van der Waals surface area (Å²) in [6.07, 6.45) is 3.31. The molecule has 7 nitrogen and oxygen atoms in total. The summed E-state index contributed by atoms with van der Waals surface area (Å²) in [5.41, 5.74) is -0.132. The summed E-state index contributed by atoms with van der Waals surface area (Å²) in [5.74, 6) is 0.111. The van der Waals surface area contributed by atoms with E-state index in [9.17, 15) is 14.9 Å². The number of rotatable bonds is 5. The van der Waals surface area contributed by atoms with Crippen LogP contribution < -0.4 is 5.32 Å². The molecule has 1 fully saturated rings. The molecule has 1 aromatic heterocycles. The lowest BCUT2D eigenvalue weighted by molar-refractivity contribution is -0.384. The van der Waals surface area contributed by atoms with Gasteiger partial charge in [-0.2, -0.15) is 0 Å². The monoisotopic (exact) mass is 265 g/mol. The number of pyridine rings is 1. The molecule has 0 bridgehead atoms. The summed E-state index contributed by atoms with van der Waals surface area (Å²) in [6, 6.07) is 1.42. The molecule has 1 heterocycles. The smallest absolute Gasteiger partial charge is 0.339 e. The highest BCUT2D eigenvalue weighted by molar-refractivity contribution is 5.90. The Balaban J connectivity index is 2.23. The number of anilines is 1. The zero-order valence-electron chi connectivity index (χ0n) is 10.8. The maximum Gasteiger partial charge on any atom is 0.339 e. The van der Waals surface area contributed by atoms with Gasteiger partial charge in [0.15, 0.2) is 0 Å². The maximum absolute atomic E-state index is 11.3. The fraction of sp³-hybridized carbons (Fsp3) is 0.500. The molecule has 1 aliphatic rings. The molecule has 0 saturated heterocycles. The molecule has 7 heteroatoms. The zero-order chi connectivity index (χ0) is 14.0. The number of carbonyl (C=O) groups is 1. The van der Waals surface area contributed by atoms with Crippen molar-refractivity contribution < 1.29 is 14.5 Å². The second kappa shape index (κ2) is 5.21. The van der Waals surface area contributed by atoms with Crippen LogP contribution >= 0.6 is 0 Å². The van der Waals surface area contributed by atoms with E-state index < -0.39 is 10.9 Å². The van der Waals surface area contributed by atoms with Gasteiger partial charge in [-0.1, -0.05) is 13.3 Å². The van der Waals surface area contributed by atoms with Gasteiger partial charge in [-0.15, -0.1) is 0 Å². The van der Waals surface area contributed by atoms with Gasteiger partial charge in [-0.3, -0.25) is 10.1 Å². The van der Waals surface area contributed by atoms with Gasteiger partial charge < -0.3 is 10.1 Å². The lowest BCUT2D eigenvalue weighted by atomic mass is 10.2. The van der Waals surface area contributed by atoms with Crippen LogP contribution in [0, 0.1) is 16.0 Å². The lowest BCUT2D eigenvalue weighted by Gasteiger charge is -2.06. The molecule has 1 N–H and O–H groups in total. The van der Waals surface area contributed by atoms with E-state index in [1.165, 1.54) is 19.4 Å². The molecular weight excluding hydrogens is 250 g/mol. The molecule has 0 amide bonds. The van der Waals surface area contributed by atoms with Crippen molar-refractivity contribution in [2.75, 3.05) is 12.4 Å². The summed E-state index contributed by atoms with van der Waals surface area (Å²) < 4.78 is 4.52. The Morgan fingerprint density at radius 2 is 2.42 bits per heavy atom. The highest BCUT2D eigenvalue weighted by atomic mass is 16.6. The van der Waals surface area contributed by atoms with Crippen LogP contribution in [0.1, 0.15) is 30.1 Å². The molecule has 0 aliphatic heterocycles. The predicted octanol–water partition coefficient (Wildman–Crippen LogP) is 1.99. The van der Waals surface area contributed by atoms with Crippen molar-refractivity contribution in [1.82, 2.24) is 4.98 Å². The van der Waals surface area contributed by atoms with Crippen LogP contribution in [0.2, 0.25) is 0 Å². The molecule has 2 atom stereocenters. The summed E-state index contributed by atoms with van der Waals surface area (Å²) >= 11 is 0. The molecule has 2 unspecified atom stereocenters. The Morgan fingerprint density at radius 3 is 2.95 bits per heavy atom. The zero-order valence-corrected chi connectivity index (χ0v) is 10.8. The number of hydrogen-bond donors (Lipinski definition) is 1. The van der Waals surface area contributed by atoms with Gasteiger partial charge in [-0.05, 0) is 12.3 Å². The number of aromatic nitrogens is 1. The summed E-state index contributed by atoms with van der Waals surface area (Å²) in [5, 5.41) is 14.1. The molecule has 1 aromatic rings. The second-order valence-electron chi connectivity index (χ2n) is 4.50. The van der Waals surface area contributed by atoms with E-state index in [0.29, 0.717) is 5.92 Å². The van der Waals surface area contributed by atoms with Crippen molar-refractivity contribution in [1.29, 1.82) is 0 Å². The number of nitrogens with zero attached hydrogens (tertiary/aromatic N) is 2. The Hall–Kier alpha value is -2.18. The number of ether oxygens (including phenoxy) is 1. The predicted molar refractivity (Wildman–Crippen MR) is 68.0 cm³/mol. The molecule has 0 radical (unpaired) electrons. The first-order valence-corrected chi connectivity index (χ1v) is 6.06. The van der Waals surface area contributed by atoms with E-state index in [2.05, 4.69) is 22.0 Å². The van der Waals surface area contributed by atoms with E-state index >= 15 is 0 Å². The van der Waals surface area contributed by atoms with Crippen LogP contribution in [-0.4, -0.2) is 29.0 Å². The average Bonchev–Trinajstić information content (AvgIpc) is 3.16. The first kappa shape index (κ1) is 13.3. The van der Waals surface area contributed by atoms with Gasteiger partial charge in [0.1, 0.15) is 0 Å². The third-order valence-electron chi connectivity index (χ3n) is 3.25. The van der Waals surface area contributed by atoms with Gasteiger partial charge in [0.05, 0.1) is 17.6 Å². The Bertz CT molecular complexity index is 518. The molecular formula is C12H15N3O4. The summed E-state index contributed by atoms with van der Waals surface area (Å²) in [4.78, 5) is 25.8. The lowest BCUT2D eigenvalue weighted by Crippen LogP contribution is -2.10. The van der Waals surface area contributed by atoms with Crippen LogP contribution in [-0.2, 0) is 4.74 Å². The maximum atomic E-state index is 11.3. The van der Waals surface area contributed by atoms with Crippen molar-refractivity contribution in [3.8, 4) is 0 Å². The van der Waals surface area contributed by atoms with Crippen LogP contribution in [0.3, 0.4) is 0 Å². The van der Waals surface area contributed by atoms with Crippen molar-refractivity contribution in [2.45, 2.75) is 25.8 Å². The molecule has 1 aliphatic carbocycles. The molecule has 19 heavy (non-hydrogen) atoms. The number of nitrogens with one attached hydrogen (secondary N) is 1. The SMILES string of the molecule is CCC1CC1Nc1ncc(C(=O)OC)cc1[N+](=O)[O-]. The van der Waals surface area contributed by atoms with Crippen molar-refractivity contribution in [3.63, 3.8) is 0 Å². The standard InChI is InChI=1S/C12H15N3O4/c1-3-7-4-9(7)14-11-10(15(17)18)5-8(6-13-11)12(16)19-2/h5-7,9H,3-4H2,1-2H3,(H,13,14). The Kier molecular flexibility index (Phi) is 3.64. The number of hydrogen-bond acceptors (Lipinski definition) is 6. The first-order chi connectivity index (χ1) is 9.06. The molecule has 102 valence electrons. The summed E-state index contributed by atoms with van der Waals surface area (Å²) in [7, 11) is 1.22. The first-order valence-electron chi connectivity index (χ1n) is 6.06. The highest BCUT2D eigenvalue weighted by Crippen LogP contribution is 2.37. The number of methoxy groups -OCH3 is 1. The fourth-order valence-electron chi connectivity index (χ4n) is 1.98. The van der Waals surface area contributed by atoms with Gasteiger partial charge in [0, 0.05) is 18.3 Å². The van der Waals surface area contributed by atoms with Crippen molar-refractivity contribution in [3.05, 3.63) is 27.9 Å². The topological polar surface area (TPSA) is 94.4 Å². The minimum absolute atomic E-state index is 0.0718. The number of esters is 1. The fourth-order valence-corrected chi connectivity index (χ4v) is 1.98. The molecule has 0 spiro atoms. The summed E-state index contributed by atoms with van der Waals surface area (Å²) in [6.45, 7) is 2.08. The molecule has 0 aromatic carbocycles. The van der Waals surface area contributed by atoms with Crippen LogP contribution in [0.5, 0.6) is 0 Å². The third kappa shape index (κ3) is 2.81. The number of carbonyl (C=O) groups excluding carboxylic acids is 1. The quantitative estimate of drug-likeness (QED) is 0.497. The van der Waals surface area contributed by atoms with E-state index in [1.54, 1.807) is 0 Å². The largest absolute Gasteiger partial charge is 0.465 e. The molecule has 2 rings (SSSR count).